The summed E-state index contributed by atoms with van der Waals surface area (Å²) in [5, 5.41) is 5.23. The van der Waals surface area contributed by atoms with Gasteiger partial charge < -0.3 is 15.0 Å². The number of rotatable bonds is 7. The van der Waals surface area contributed by atoms with Gasteiger partial charge in [0.25, 0.3) is 11.5 Å². The minimum absolute atomic E-state index is 0.121. The zero-order valence-electron chi connectivity index (χ0n) is 14.5. The van der Waals surface area contributed by atoms with Gasteiger partial charge in [0, 0.05) is 19.7 Å². The number of anilines is 1. The van der Waals surface area contributed by atoms with Crippen LogP contribution in [0.4, 0.5) is 5.69 Å². The number of carbonyl (C=O) groups is 2. The molecule has 2 aromatic rings. The lowest BCUT2D eigenvalue weighted by Crippen LogP contribution is -2.39. The second kappa shape index (κ2) is 8.18. The van der Waals surface area contributed by atoms with Crippen molar-refractivity contribution in [3.8, 4) is 5.75 Å². The van der Waals surface area contributed by atoms with Crippen LogP contribution in [0.1, 0.15) is 23.8 Å². The van der Waals surface area contributed by atoms with E-state index in [0.717, 1.165) is 0 Å². The van der Waals surface area contributed by atoms with Crippen molar-refractivity contribution in [2.75, 3.05) is 25.5 Å². The van der Waals surface area contributed by atoms with Gasteiger partial charge in [-0.25, -0.2) is 0 Å². The molecule has 0 fully saturated rings. The molecule has 1 aromatic carbocycles. The Morgan fingerprint density at radius 1 is 1.32 bits per heavy atom. The summed E-state index contributed by atoms with van der Waals surface area (Å²) in [6.07, 6.45) is 0.687. The van der Waals surface area contributed by atoms with Crippen LogP contribution < -0.4 is 15.6 Å². The van der Waals surface area contributed by atoms with E-state index in [0.29, 0.717) is 24.4 Å². The quantitative estimate of drug-likeness (QED) is 0.788. The van der Waals surface area contributed by atoms with Crippen LogP contribution in [-0.2, 0) is 11.8 Å². The number of amides is 2. The Morgan fingerprint density at radius 3 is 2.64 bits per heavy atom. The van der Waals surface area contributed by atoms with Crippen molar-refractivity contribution >= 4 is 17.5 Å². The highest BCUT2D eigenvalue weighted by molar-refractivity contribution is 5.99. The summed E-state index contributed by atoms with van der Waals surface area (Å²) >= 11 is 0. The van der Waals surface area contributed by atoms with Crippen molar-refractivity contribution in [3.05, 3.63) is 46.4 Å². The highest BCUT2D eigenvalue weighted by Crippen LogP contribution is 2.22. The van der Waals surface area contributed by atoms with Crippen molar-refractivity contribution < 1.29 is 14.3 Å². The minimum atomic E-state index is -0.377. The van der Waals surface area contributed by atoms with Crippen LogP contribution in [0.3, 0.4) is 0 Å². The zero-order valence-corrected chi connectivity index (χ0v) is 14.5. The van der Waals surface area contributed by atoms with E-state index in [-0.39, 0.29) is 29.6 Å². The normalized spacial score (nSPS) is 10.4. The molecule has 134 valence electrons. The fourth-order valence-corrected chi connectivity index (χ4v) is 2.48. The number of hydrogen-bond acceptors (Lipinski definition) is 4. The lowest BCUT2D eigenvalue weighted by atomic mass is 10.2. The number of aryl methyl sites for hydroxylation is 1. The van der Waals surface area contributed by atoms with Gasteiger partial charge in [-0.15, -0.1) is 0 Å². The molecule has 0 atom stereocenters. The molecule has 0 aliphatic carbocycles. The first-order chi connectivity index (χ1) is 12.0. The van der Waals surface area contributed by atoms with Gasteiger partial charge in [0.05, 0.1) is 12.8 Å². The summed E-state index contributed by atoms with van der Waals surface area (Å²) in [5.74, 6) is -0.179. The van der Waals surface area contributed by atoms with Crippen molar-refractivity contribution in [3.63, 3.8) is 0 Å². The monoisotopic (exact) mass is 346 g/mol. The maximum absolute atomic E-state index is 12.6. The molecule has 0 aliphatic heterocycles. The molecule has 2 amide bonds. The number of benzene rings is 1. The van der Waals surface area contributed by atoms with Crippen LogP contribution >= 0.6 is 0 Å². The molecule has 0 saturated heterocycles. The van der Waals surface area contributed by atoms with Gasteiger partial charge in [0.1, 0.15) is 18.0 Å². The number of H-pyrrole nitrogens is 1. The molecule has 0 spiro atoms. The van der Waals surface area contributed by atoms with Crippen LogP contribution in [0, 0.1) is 0 Å². The van der Waals surface area contributed by atoms with Gasteiger partial charge >= 0.3 is 0 Å². The average Bonchev–Trinajstić information content (AvgIpc) is 2.92. The summed E-state index contributed by atoms with van der Waals surface area (Å²) in [4.78, 5) is 37.8. The number of methoxy groups -OCH3 is 1. The van der Waals surface area contributed by atoms with E-state index in [1.165, 1.54) is 22.8 Å². The number of hydrogen-bond donors (Lipinski definition) is 2. The molecule has 1 heterocycles. The van der Waals surface area contributed by atoms with E-state index in [4.69, 9.17) is 4.74 Å². The SMILES string of the molecule is CCCN(CC(=O)Nc1ccccc1OC)C(=O)c1cc(=O)[nH]n1C. The highest BCUT2D eigenvalue weighted by Gasteiger charge is 2.21. The van der Waals surface area contributed by atoms with Gasteiger partial charge in [-0.1, -0.05) is 19.1 Å². The summed E-state index contributed by atoms with van der Waals surface area (Å²) in [5.41, 5.74) is 0.386. The fourth-order valence-electron chi connectivity index (χ4n) is 2.48. The number of aromatic nitrogens is 2. The largest absolute Gasteiger partial charge is 0.495 e. The van der Waals surface area contributed by atoms with Crippen LogP contribution in [0.5, 0.6) is 5.75 Å². The molecule has 25 heavy (non-hydrogen) atoms. The lowest BCUT2D eigenvalue weighted by molar-refractivity contribution is -0.116. The van der Waals surface area contributed by atoms with Crippen LogP contribution in [0.15, 0.2) is 35.1 Å². The first-order valence-electron chi connectivity index (χ1n) is 7.94. The standard InChI is InChI=1S/C17H22N4O4/c1-4-9-21(17(24)13-10-15(22)19-20(13)2)11-16(23)18-12-7-5-6-8-14(12)25-3/h5-8,10H,4,9,11H2,1-3H3,(H,18,23)(H,19,22). The number of para-hydroxylation sites is 2. The summed E-state index contributed by atoms with van der Waals surface area (Å²) < 4.78 is 6.55. The molecular weight excluding hydrogens is 324 g/mol. The van der Waals surface area contributed by atoms with Gasteiger partial charge in [-0.3, -0.25) is 24.2 Å². The molecule has 8 heteroatoms. The van der Waals surface area contributed by atoms with Crippen molar-refractivity contribution in [1.29, 1.82) is 0 Å². The van der Waals surface area contributed by atoms with Gasteiger partial charge in [0.2, 0.25) is 5.91 Å². The number of nitrogens with one attached hydrogen (secondary N) is 2. The number of aromatic amines is 1. The highest BCUT2D eigenvalue weighted by atomic mass is 16.5. The van der Waals surface area contributed by atoms with Crippen molar-refractivity contribution in [2.24, 2.45) is 7.05 Å². The van der Waals surface area contributed by atoms with E-state index < -0.39 is 0 Å². The first kappa shape index (κ1) is 18.3. The Kier molecular flexibility index (Phi) is 5.99. The van der Waals surface area contributed by atoms with Crippen LogP contribution in [-0.4, -0.2) is 46.7 Å². The maximum atomic E-state index is 12.6. The third kappa shape index (κ3) is 4.50. The summed E-state index contributed by atoms with van der Waals surface area (Å²) in [6, 6.07) is 8.26. The van der Waals surface area contributed by atoms with E-state index in [2.05, 4.69) is 10.4 Å². The molecule has 1 aromatic heterocycles. The molecule has 8 nitrogen and oxygen atoms in total. The number of nitrogens with zero attached hydrogens (tertiary/aromatic N) is 2. The Hall–Kier alpha value is -3.03. The minimum Gasteiger partial charge on any atom is -0.495 e. The topological polar surface area (TPSA) is 96.4 Å². The Labute approximate surface area is 145 Å². The van der Waals surface area contributed by atoms with Gasteiger partial charge in [-0.2, -0.15) is 0 Å². The number of ether oxygens (including phenoxy) is 1. The van der Waals surface area contributed by atoms with Crippen LogP contribution in [0.25, 0.3) is 0 Å². The Balaban J connectivity index is 2.12. The molecular formula is C17H22N4O4. The van der Waals surface area contributed by atoms with E-state index in [1.807, 2.05) is 6.92 Å². The second-order valence-corrected chi connectivity index (χ2v) is 5.54. The fraction of sp³-hybridized carbons (Fsp3) is 0.353. The molecule has 0 saturated carbocycles. The second-order valence-electron chi connectivity index (χ2n) is 5.54. The average molecular weight is 346 g/mol. The predicted molar refractivity (Wildman–Crippen MR) is 93.9 cm³/mol. The third-order valence-electron chi connectivity index (χ3n) is 3.62. The van der Waals surface area contributed by atoms with E-state index >= 15 is 0 Å². The lowest BCUT2D eigenvalue weighted by Gasteiger charge is -2.22. The van der Waals surface area contributed by atoms with Gasteiger partial charge in [-0.05, 0) is 18.6 Å². The molecule has 0 radical (unpaired) electrons. The number of carbonyl (C=O) groups excluding carboxylic acids is 2. The third-order valence-corrected chi connectivity index (χ3v) is 3.62. The molecule has 0 unspecified atom stereocenters. The Bertz CT molecular complexity index is 809. The Morgan fingerprint density at radius 2 is 2.04 bits per heavy atom. The van der Waals surface area contributed by atoms with Crippen molar-refractivity contribution in [1.82, 2.24) is 14.7 Å². The van der Waals surface area contributed by atoms with E-state index in [9.17, 15) is 14.4 Å². The molecule has 0 aliphatic rings. The molecule has 2 N–H and O–H groups in total. The maximum Gasteiger partial charge on any atom is 0.272 e. The predicted octanol–water partition coefficient (Wildman–Crippen LogP) is 1.21. The smallest absolute Gasteiger partial charge is 0.272 e. The molecule has 2 rings (SSSR count). The summed E-state index contributed by atoms with van der Waals surface area (Å²) in [7, 11) is 3.10. The van der Waals surface area contributed by atoms with Crippen LogP contribution in [0.2, 0.25) is 0 Å². The molecule has 0 bridgehead atoms. The van der Waals surface area contributed by atoms with Gasteiger partial charge in [0.15, 0.2) is 0 Å². The zero-order chi connectivity index (χ0) is 18.4. The summed E-state index contributed by atoms with van der Waals surface area (Å²) in [6.45, 7) is 2.19. The first-order valence-corrected chi connectivity index (χ1v) is 7.94. The van der Waals surface area contributed by atoms with E-state index in [1.54, 1.807) is 31.3 Å². The van der Waals surface area contributed by atoms with Crippen molar-refractivity contribution in [2.45, 2.75) is 13.3 Å².